The summed E-state index contributed by atoms with van der Waals surface area (Å²) in [5.41, 5.74) is 4.37. The van der Waals surface area contributed by atoms with Crippen LogP contribution in [-0.2, 0) is 29.5 Å². The van der Waals surface area contributed by atoms with Gasteiger partial charge >= 0.3 is 5.97 Å². The first-order chi connectivity index (χ1) is 13.4. The van der Waals surface area contributed by atoms with Gasteiger partial charge in [-0.1, -0.05) is 6.07 Å². The predicted molar refractivity (Wildman–Crippen MR) is 104 cm³/mol. The molecule has 1 aliphatic rings. The fraction of sp³-hybridized carbons (Fsp3) is 0.429. The number of carbonyl (C=O) groups is 2. The first-order valence-electron chi connectivity index (χ1n) is 9.39. The number of hydrogen-bond acceptors (Lipinski definition) is 5. The Morgan fingerprint density at radius 2 is 1.96 bits per heavy atom. The van der Waals surface area contributed by atoms with Crippen molar-refractivity contribution >= 4 is 11.9 Å². The summed E-state index contributed by atoms with van der Waals surface area (Å²) in [6.07, 6.45) is 0.913. The minimum absolute atomic E-state index is 0.0435. The van der Waals surface area contributed by atoms with Crippen molar-refractivity contribution in [3.05, 3.63) is 46.3 Å². The van der Waals surface area contributed by atoms with E-state index >= 15 is 0 Å². The third-order valence-electron chi connectivity index (χ3n) is 5.08. The molecule has 0 saturated carbocycles. The van der Waals surface area contributed by atoms with Gasteiger partial charge in [0.15, 0.2) is 11.5 Å². The molecule has 7 heteroatoms. The predicted octanol–water partition coefficient (Wildman–Crippen LogP) is 2.80. The molecule has 1 amide bonds. The summed E-state index contributed by atoms with van der Waals surface area (Å²) in [5, 5.41) is 2.93. The van der Waals surface area contributed by atoms with E-state index in [1.54, 1.807) is 6.92 Å². The van der Waals surface area contributed by atoms with Crippen LogP contribution in [0.1, 0.15) is 46.2 Å². The quantitative estimate of drug-likeness (QED) is 0.741. The van der Waals surface area contributed by atoms with Crippen LogP contribution in [0, 0.1) is 13.8 Å². The monoisotopic (exact) mass is 386 g/mol. The van der Waals surface area contributed by atoms with E-state index in [9.17, 15) is 9.59 Å². The molecule has 28 heavy (non-hydrogen) atoms. The highest BCUT2D eigenvalue weighted by Gasteiger charge is 2.22. The van der Waals surface area contributed by atoms with Crippen LogP contribution < -0.4 is 14.8 Å². The van der Waals surface area contributed by atoms with Crippen LogP contribution in [0.4, 0.5) is 0 Å². The zero-order chi connectivity index (χ0) is 20.3. The molecule has 3 rings (SSSR count). The van der Waals surface area contributed by atoms with Crippen LogP contribution in [0.3, 0.4) is 0 Å². The van der Waals surface area contributed by atoms with E-state index < -0.39 is 0 Å². The van der Waals surface area contributed by atoms with Crippen molar-refractivity contribution < 1.29 is 23.8 Å². The number of ether oxygens (including phenoxy) is 3. The van der Waals surface area contributed by atoms with E-state index in [1.807, 2.05) is 43.7 Å². The van der Waals surface area contributed by atoms with Crippen molar-refractivity contribution in [3.63, 3.8) is 0 Å². The first-order valence-corrected chi connectivity index (χ1v) is 9.39. The van der Waals surface area contributed by atoms with Gasteiger partial charge in [-0.2, -0.15) is 0 Å². The van der Waals surface area contributed by atoms with Gasteiger partial charge in [-0.05, 0) is 56.0 Å². The van der Waals surface area contributed by atoms with E-state index in [4.69, 9.17) is 14.2 Å². The van der Waals surface area contributed by atoms with Crippen molar-refractivity contribution in [3.8, 4) is 11.5 Å². The lowest BCUT2D eigenvalue weighted by molar-refractivity contribution is -0.121. The molecule has 0 spiro atoms. The van der Waals surface area contributed by atoms with Crippen molar-refractivity contribution in [1.29, 1.82) is 0 Å². The summed E-state index contributed by atoms with van der Waals surface area (Å²) in [5.74, 6) is 1.05. The van der Waals surface area contributed by atoms with Gasteiger partial charge in [0.2, 0.25) is 12.7 Å². The number of hydrogen-bond donors (Lipinski definition) is 1. The first kappa shape index (κ1) is 19.8. The molecule has 150 valence electrons. The number of benzene rings is 1. The average molecular weight is 386 g/mol. The third kappa shape index (κ3) is 3.98. The van der Waals surface area contributed by atoms with Gasteiger partial charge in [-0.3, -0.25) is 4.79 Å². The van der Waals surface area contributed by atoms with Crippen LogP contribution >= 0.6 is 0 Å². The van der Waals surface area contributed by atoms with Crippen LogP contribution in [0.5, 0.6) is 11.5 Å². The lowest BCUT2D eigenvalue weighted by Crippen LogP contribution is -2.23. The average Bonchev–Trinajstić information content (AvgIpc) is 3.21. The van der Waals surface area contributed by atoms with Crippen LogP contribution in [0.25, 0.3) is 0 Å². The topological polar surface area (TPSA) is 78.8 Å². The molecule has 1 aliphatic heterocycles. The number of aromatic nitrogens is 1. The standard InChI is InChI=1S/C21H26N2O5/c1-5-26-21(25)20-13(2)16(14(3)23(20)4)7-9-19(24)22-11-15-6-8-17-18(10-15)28-12-27-17/h6,8,10H,5,7,9,11-12H2,1-4H3,(H,22,24). The fourth-order valence-electron chi connectivity index (χ4n) is 3.47. The highest BCUT2D eigenvalue weighted by molar-refractivity contribution is 5.90. The summed E-state index contributed by atoms with van der Waals surface area (Å²) in [7, 11) is 1.85. The van der Waals surface area contributed by atoms with E-state index in [1.165, 1.54) is 0 Å². The van der Waals surface area contributed by atoms with Crippen molar-refractivity contribution in [1.82, 2.24) is 9.88 Å². The van der Waals surface area contributed by atoms with Gasteiger partial charge in [-0.25, -0.2) is 4.79 Å². The number of rotatable bonds is 7. The lowest BCUT2D eigenvalue weighted by atomic mass is 10.0. The minimum atomic E-state index is -0.330. The molecule has 0 aliphatic carbocycles. The highest BCUT2D eigenvalue weighted by atomic mass is 16.7. The molecule has 0 fully saturated rings. The molecule has 0 atom stereocenters. The fourth-order valence-corrected chi connectivity index (χ4v) is 3.47. The number of nitrogens with zero attached hydrogens (tertiary/aromatic N) is 1. The maximum atomic E-state index is 12.3. The van der Waals surface area contributed by atoms with Crippen LogP contribution in [0.15, 0.2) is 18.2 Å². The maximum absolute atomic E-state index is 12.3. The minimum Gasteiger partial charge on any atom is -0.461 e. The van der Waals surface area contributed by atoms with E-state index in [-0.39, 0.29) is 18.7 Å². The number of fused-ring (bicyclic) bond motifs is 1. The van der Waals surface area contributed by atoms with Crippen LogP contribution in [0.2, 0.25) is 0 Å². The molecule has 1 aromatic carbocycles. The second-order valence-electron chi connectivity index (χ2n) is 6.78. The van der Waals surface area contributed by atoms with Gasteiger partial charge in [-0.15, -0.1) is 0 Å². The van der Waals surface area contributed by atoms with E-state index in [0.717, 1.165) is 28.1 Å². The largest absolute Gasteiger partial charge is 0.461 e. The second kappa shape index (κ2) is 8.37. The summed E-state index contributed by atoms with van der Waals surface area (Å²) >= 11 is 0. The van der Waals surface area contributed by atoms with Gasteiger partial charge in [0.05, 0.1) is 6.61 Å². The van der Waals surface area contributed by atoms with Gasteiger partial charge in [0.1, 0.15) is 5.69 Å². The molecule has 0 bridgehead atoms. The van der Waals surface area contributed by atoms with E-state index in [2.05, 4.69) is 5.32 Å². The Kier molecular flexibility index (Phi) is 5.92. The smallest absolute Gasteiger partial charge is 0.355 e. The van der Waals surface area contributed by atoms with Crippen LogP contribution in [-0.4, -0.2) is 29.8 Å². The number of esters is 1. The molecule has 0 unspecified atom stereocenters. The highest BCUT2D eigenvalue weighted by Crippen LogP contribution is 2.32. The molecule has 1 N–H and O–H groups in total. The van der Waals surface area contributed by atoms with E-state index in [0.29, 0.717) is 37.4 Å². The zero-order valence-corrected chi connectivity index (χ0v) is 16.8. The number of nitrogens with one attached hydrogen (secondary N) is 1. The SMILES string of the molecule is CCOC(=O)c1c(C)c(CCC(=O)NCc2ccc3c(c2)OCO3)c(C)n1C. The molecule has 2 aromatic rings. The van der Waals surface area contributed by atoms with Crippen molar-refractivity contribution in [2.24, 2.45) is 7.05 Å². The number of carbonyl (C=O) groups excluding carboxylic acids is 2. The Labute approximate surface area is 164 Å². The Morgan fingerprint density at radius 3 is 2.71 bits per heavy atom. The Hall–Kier alpha value is -2.96. The van der Waals surface area contributed by atoms with Crippen molar-refractivity contribution in [2.75, 3.05) is 13.4 Å². The molecule has 0 saturated heterocycles. The third-order valence-corrected chi connectivity index (χ3v) is 5.08. The lowest BCUT2D eigenvalue weighted by Gasteiger charge is -2.07. The molecule has 7 nitrogen and oxygen atoms in total. The van der Waals surface area contributed by atoms with Crippen molar-refractivity contribution in [2.45, 2.75) is 40.2 Å². The Morgan fingerprint density at radius 1 is 1.21 bits per heavy atom. The normalized spacial score (nSPS) is 12.1. The Balaban J connectivity index is 1.59. The maximum Gasteiger partial charge on any atom is 0.355 e. The Bertz CT molecular complexity index is 901. The second-order valence-corrected chi connectivity index (χ2v) is 6.78. The molecule has 2 heterocycles. The van der Waals surface area contributed by atoms with Gasteiger partial charge in [0.25, 0.3) is 0 Å². The summed E-state index contributed by atoms with van der Waals surface area (Å²) in [6.45, 7) is 6.63. The molecular formula is C21H26N2O5. The molecule has 0 radical (unpaired) electrons. The summed E-state index contributed by atoms with van der Waals surface area (Å²) < 4.78 is 17.6. The molecular weight excluding hydrogens is 360 g/mol. The summed E-state index contributed by atoms with van der Waals surface area (Å²) in [6, 6.07) is 5.63. The van der Waals surface area contributed by atoms with Gasteiger partial charge in [0, 0.05) is 25.7 Å². The molecule has 1 aromatic heterocycles. The summed E-state index contributed by atoms with van der Waals surface area (Å²) in [4.78, 5) is 24.5. The number of amides is 1. The van der Waals surface area contributed by atoms with Gasteiger partial charge < -0.3 is 24.1 Å². The zero-order valence-electron chi connectivity index (χ0n) is 16.8.